The standard InChI is InChI=1S/C28H31NO11/c1-11-23(32)15(29)6-18(39-11)40-16-8-28(37,17(31)10-38-2)7-14-20(16)27(36)22-21(25(14)34)24(33)13-5-3-4-12(9-30)19(13)26(22)35/h3-5,11,15-16,18,23,30,32,34,36-37H,6-10,29H2,1-2H3/t11-,15-,16-,18-,23-,28-/m0/s1. The number of Topliss-reactive ketones (excluding diaryl/α,β-unsaturated/α-hetero) is 1. The monoisotopic (exact) mass is 557 g/mol. The number of methoxy groups -OCH3 is 1. The van der Waals surface area contributed by atoms with Gasteiger partial charge in [0.25, 0.3) is 0 Å². The van der Waals surface area contributed by atoms with Crippen molar-refractivity contribution in [2.45, 2.75) is 69.0 Å². The highest BCUT2D eigenvalue weighted by atomic mass is 16.7. The minimum Gasteiger partial charge on any atom is -0.507 e. The molecule has 0 spiro atoms. The van der Waals surface area contributed by atoms with Gasteiger partial charge < -0.3 is 45.5 Å². The number of aliphatic hydroxyl groups excluding tert-OH is 2. The molecule has 1 saturated heterocycles. The van der Waals surface area contributed by atoms with Crippen molar-refractivity contribution >= 4 is 17.3 Å². The number of nitrogens with two attached hydrogens (primary N) is 1. The normalized spacial score (nSPS) is 29.5. The molecule has 214 valence electrons. The SMILES string of the molecule is COCC(=O)[C@]1(O)Cc2c(O)c3c(c(O)c2[C@@H](O[C@H]2C[C@H](N)[C@@H](O)[C@H](C)O2)C1)C(=O)c1c(CO)cccc1C3=O. The molecule has 2 aromatic carbocycles. The fraction of sp³-hybridized carbons (Fsp3) is 0.464. The summed E-state index contributed by atoms with van der Waals surface area (Å²) < 4.78 is 16.7. The first-order valence-electron chi connectivity index (χ1n) is 12.8. The summed E-state index contributed by atoms with van der Waals surface area (Å²) in [5, 5.41) is 54.3. The van der Waals surface area contributed by atoms with E-state index >= 15 is 0 Å². The highest BCUT2D eigenvalue weighted by Gasteiger charge is 2.50. The van der Waals surface area contributed by atoms with Gasteiger partial charge in [0.1, 0.15) is 23.7 Å². The number of benzene rings is 2. The van der Waals surface area contributed by atoms with E-state index in [-0.39, 0.29) is 34.2 Å². The van der Waals surface area contributed by atoms with E-state index in [2.05, 4.69) is 0 Å². The molecule has 40 heavy (non-hydrogen) atoms. The first kappa shape index (κ1) is 28.3. The summed E-state index contributed by atoms with van der Waals surface area (Å²) in [4.78, 5) is 40.2. The van der Waals surface area contributed by atoms with Crippen LogP contribution in [0.15, 0.2) is 18.2 Å². The third-order valence-corrected chi connectivity index (χ3v) is 8.01. The van der Waals surface area contributed by atoms with E-state index in [1.54, 1.807) is 6.92 Å². The van der Waals surface area contributed by atoms with Crippen LogP contribution in [-0.2, 0) is 32.0 Å². The van der Waals surface area contributed by atoms with E-state index < -0.39 is 102 Å². The Bertz CT molecular complexity index is 1390. The second kappa shape index (κ2) is 10.3. The lowest BCUT2D eigenvalue weighted by Crippen LogP contribution is -2.53. The maximum atomic E-state index is 13.7. The third-order valence-electron chi connectivity index (χ3n) is 8.01. The quantitative estimate of drug-likeness (QED) is 0.224. The zero-order chi connectivity index (χ0) is 29.1. The van der Waals surface area contributed by atoms with Gasteiger partial charge in [0, 0.05) is 54.7 Å². The van der Waals surface area contributed by atoms with Crippen molar-refractivity contribution < 1.29 is 54.1 Å². The smallest absolute Gasteiger partial charge is 0.198 e. The molecule has 1 aliphatic heterocycles. The van der Waals surface area contributed by atoms with Crippen LogP contribution in [0.2, 0.25) is 0 Å². The fourth-order valence-electron chi connectivity index (χ4n) is 5.93. The lowest BCUT2D eigenvalue weighted by atomic mass is 9.71. The molecule has 1 heterocycles. The zero-order valence-corrected chi connectivity index (χ0v) is 21.9. The van der Waals surface area contributed by atoms with Crippen molar-refractivity contribution in [3.8, 4) is 11.5 Å². The van der Waals surface area contributed by atoms with Crippen molar-refractivity contribution in [1.29, 1.82) is 0 Å². The van der Waals surface area contributed by atoms with Crippen molar-refractivity contribution in [3.05, 3.63) is 57.1 Å². The molecule has 0 saturated carbocycles. The number of aromatic hydroxyl groups is 2. The molecule has 0 radical (unpaired) electrons. The van der Waals surface area contributed by atoms with Crippen LogP contribution in [0, 0.1) is 0 Å². The maximum absolute atomic E-state index is 13.7. The molecule has 12 heteroatoms. The van der Waals surface area contributed by atoms with Crippen LogP contribution in [0.4, 0.5) is 0 Å². The summed E-state index contributed by atoms with van der Waals surface area (Å²) in [7, 11) is 1.28. The Hall–Kier alpha value is -3.23. The Labute approximate surface area is 228 Å². The summed E-state index contributed by atoms with van der Waals surface area (Å²) in [6.07, 6.45) is -4.89. The summed E-state index contributed by atoms with van der Waals surface area (Å²) >= 11 is 0. The largest absolute Gasteiger partial charge is 0.507 e. The van der Waals surface area contributed by atoms with Gasteiger partial charge in [0.2, 0.25) is 0 Å². The van der Waals surface area contributed by atoms with Gasteiger partial charge in [-0.25, -0.2) is 0 Å². The van der Waals surface area contributed by atoms with E-state index in [0.29, 0.717) is 0 Å². The van der Waals surface area contributed by atoms with Gasteiger partial charge in [-0.2, -0.15) is 0 Å². The number of carbonyl (C=O) groups excluding carboxylic acids is 3. The van der Waals surface area contributed by atoms with Crippen LogP contribution in [0.3, 0.4) is 0 Å². The number of hydrogen-bond donors (Lipinski definition) is 6. The van der Waals surface area contributed by atoms with Gasteiger partial charge in [-0.05, 0) is 12.5 Å². The zero-order valence-electron chi connectivity index (χ0n) is 21.9. The van der Waals surface area contributed by atoms with E-state index in [4.69, 9.17) is 19.9 Å². The minimum atomic E-state index is -2.13. The van der Waals surface area contributed by atoms with Gasteiger partial charge in [-0.1, -0.05) is 18.2 Å². The predicted octanol–water partition coefficient (Wildman–Crippen LogP) is 0.139. The van der Waals surface area contributed by atoms with E-state index in [1.807, 2.05) is 0 Å². The predicted molar refractivity (Wildman–Crippen MR) is 136 cm³/mol. The highest BCUT2D eigenvalue weighted by molar-refractivity contribution is 6.31. The van der Waals surface area contributed by atoms with Gasteiger partial charge in [-0.3, -0.25) is 14.4 Å². The van der Waals surface area contributed by atoms with Gasteiger partial charge in [-0.15, -0.1) is 0 Å². The number of rotatable bonds is 6. The van der Waals surface area contributed by atoms with Crippen molar-refractivity contribution in [2.24, 2.45) is 5.73 Å². The molecule has 0 aromatic heterocycles. The molecule has 5 rings (SSSR count). The highest BCUT2D eigenvalue weighted by Crippen LogP contribution is 2.52. The summed E-state index contributed by atoms with van der Waals surface area (Å²) in [5.41, 5.74) is 2.73. The molecule has 6 atom stereocenters. The average molecular weight is 558 g/mol. The fourth-order valence-corrected chi connectivity index (χ4v) is 5.93. The van der Waals surface area contributed by atoms with Crippen molar-refractivity contribution in [1.82, 2.24) is 0 Å². The first-order chi connectivity index (χ1) is 18.9. The minimum absolute atomic E-state index is 0.0319. The van der Waals surface area contributed by atoms with Gasteiger partial charge >= 0.3 is 0 Å². The van der Waals surface area contributed by atoms with Crippen molar-refractivity contribution in [3.63, 3.8) is 0 Å². The molecule has 3 aliphatic rings. The third kappa shape index (κ3) is 4.32. The lowest BCUT2D eigenvalue weighted by molar-refractivity contribution is -0.247. The lowest BCUT2D eigenvalue weighted by Gasteiger charge is -2.42. The van der Waals surface area contributed by atoms with Crippen LogP contribution < -0.4 is 5.73 Å². The van der Waals surface area contributed by atoms with Crippen molar-refractivity contribution in [2.75, 3.05) is 13.7 Å². The Kier molecular flexibility index (Phi) is 7.29. The number of ether oxygens (including phenoxy) is 3. The van der Waals surface area contributed by atoms with E-state index in [1.165, 1.54) is 25.3 Å². The number of ketones is 3. The van der Waals surface area contributed by atoms with Crippen LogP contribution in [0.1, 0.15) is 74.4 Å². The number of hydrogen-bond acceptors (Lipinski definition) is 12. The number of aliphatic hydroxyl groups is 3. The van der Waals surface area contributed by atoms with E-state index in [0.717, 1.165) is 0 Å². The number of phenols is 2. The molecular formula is C28H31NO11. The van der Waals surface area contributed by atoms with Crippen LogP contribution in [-0.4, -0.2) is 86.7 Å². The topological polar surface area (TPSA) is 206 Å². The number of carbonyl (C=O) groups is 3. The molecule has 1 fully saturated rings. The van der Waals surface area contributed by atoms with Crippen LogP contribution >= 0.6 is 0 Å². The molecular weight excluding hydrogens is 526 g/mol. The Morgan fingerprint density at radius 3 is 2.50 bits per heavy atom. The second-order valence-electron chi connectivity index (χ2n) is 10.5. The molecule has 2 aliphatic carbocycles. The molecule has 2 aromatic rings. The Morgan fingerprint density at radius 1 is 1.15 bits per heavy atom. The Morgan fingerprint density at radius 2 is 1.85 bits per heavy atom. The van der Waals surface area contributed by atoms with Gasteiger partial charge in [0.05, 0.1) is 36.0 Å². The first-order valence-corrected chi connectivity index (χ1v) is 12.8. The summed E-state index contributed by atoms with van der Waals surface area (Å²) in [6.45, 7) is 0.589. The summed E-state index contributed by atoms with van der Waals surface area (Å²) in [5.74, 6) is -3.61. The number of fused-ring (bicyclic) bond motifs is 3. The van der Waals surface area contributed by atoms with Crippen LogP contribution in [0.25, 0.3) is 0 Å². The molecule has 7 N–H and O–H groups in total. The van der Waals surface area contributed by atoms with Gasteiger partial charge in [0.15, 0.2) is 23.6 Å². The maximum Gasteiger partial charge on any atom is 0.198 e. The van der Waals surface area contributed by atoms with E-state index in [9.17, 15) is 39.9 Å². The van der Waals surface area contributed by atoms with Crippen LogP contribution in [0.5, 0.6) is 11.5 Å². The molecule has 0 bridgehead atoms. The average Bonchev–Trinajstić information content (AvgIpc) is 2.91. The Balaban J connectivity index is 1.68. The molecule has 0 amide bonds. The second-order valence-corrected chi connectivity index (χ2v) is 10.5. The summed E-state index contributed by atoms with van der Waals surface area (Å²) in [6, 6.07) is 3.60. The number of phenolic OH excluding ortho intramolecular Hbond substituents is 2. The molecule has 12 nitrogen and oxygen atoms in total. The molecule has 0 unspecified atom stereocenters.